The minimum absolute atomic E-state index is 0.0296. The highest BCUT2D eigenvalue weighted by molar-refractivity contribution is 9.37. The van der Waals surface area contributed by atoms with E-state index in [0.29, 0.717) is 16.0 Å². The second kappa shape index (κ2) is 38.3. The smallest absolute Gasteiger partial charge is 0.423 e. The van der Waals surface area contributed by atoms with Crippen molar-refractivity contribution in [2.75, 3.05) is 0 Å². The van der Waals surface area contributed by atoms with Crippen LogP contribution in [0, 0.1) is 0 Å². The largest absolute Gasteiger partial charge is 0.488 e. The molecule has 0 fully saturated rings. The first-order valence-corrected chi connectivity index (χ1v) is 74.5. The van der Waals surface area contributed by atoms with Crippen molar-refractivity contribution < 1.29 is 10.0 Å². The molecule has 37 heteroatoms. The highest BCUT2D eigenvalue weighted by Crippen LogP contribution is 3.31. The maximum atomic E-state index is 8.58. The first-order chi connectivity index (χ1) is 57.0. The molecule has 14 nitrogen and oxygen atoms in total. The molecule has 20 aromatic rings. The van der Waals surface area contributed by atoms with Crippen LogP contribution in [0.3, 0.4) is 0 Å². The third-order valence-electron chi connectivity index (χ3n) is 19.6. The average Bonchev–Trinajstić information content (AvgIpc) is 1.65. The monoisotopic (exact) mass is 1970 g/mol. The molecular weight excluding hydrogens is 1900 g/mol. The molecule has 0 aliphatic rings. The third kappa shape index (κ3) is 17.3. The van der Waals surface area contributed by atoms with Crippen LogP contribution in [0.25, 0.3) is 166 Å². The summed E-state index contributed by atoms with van der Waals surface area (Å²) in [6.07, 6.45) is 3.67. The van der Waals surface area contributed by atoms with Crippen molar-refractivity contribution in [3.8, 4) is 34.7 Å². The average molecular weight is 1980 g/mol. The molecule has 0 aliphatic heterocycles. The molecule has 10 aromatic carbocycles. The Morgan fingerprint density at radius 2 is 0.650 bits per heavy atom. The Hall–Kier alpha value is -3.31. The molecular formula is C80H73BBrN12O2P21. The van der Waals surface area contributed by atoms with Gasteiger partial charge in [0.15, 0.2) is 10.6 Å². The van der Waals surface area contributed by atoms with E-state index < -0.39 is 7.12 Å². The summed E-state index contributed by atoms with van der Waals surface area (Å²) in [5.41, 5.74) is 13.0. The first kappa shape index (κ1) is 85.8. The number of hydrogen-bond donors (Lipinski definition) is 2. The number of para-hydroxylation sites is 6. The van der Waals surface area contributed by atoms with Crippen LogP contribution in [0.15, 0.2) is 296 Å². The van der Waals surface area contributed by atoms with E-state index in [1.165, 1.54) is 21.5 Å². The fourth-order valence-electron chi connectivity index (χ4n) is 14.8. The van der Waals surface area contributed by atoms with Gasteiger partial charge >= 0.3 is 7.12 Å². The highest BCUT2D eigenvalue weighted by Gasteiger charge is 2.43. The van der Waals surface area contributed by atoms with E-state index in [-0.39, 0.29) is 62.9 Å². The molecule has 10 heterocycles. The highest BCUT2D eigenvalue weighted by atomic mass is 79.9. The van der Waals surface area contributed by atoms with Crippen LogP contribution in [0.4, 0.5) is 0 Å². The van der Waals surface area contributed by atoms with Crippen LogP contribution < -0.4 is 5.46 Å². The van der Waals surface area contributed by atoms with Gasteiger partial charge in [0.1, 0.15) is 45.6 Å². The van der Waals surface area contributed by atoms with E-state index in [4.69, 9.17) is 49.9 Å². The molecule has 0 saturated heterocycles. The summed E-state index contributed by atoms with van der Waals surface area (Å²) in [4.78, 5) is 40.5. The van der Waals surface area contributed by atoms with Gasteiger partial charge in [0.05, 0.1) is 44.1 Å². The van der Waals surface area contributed by atoms with Gasteiger partial charge in [0.2, 0.25) is 0 Å². The topological polar surface area (TPSA) is 163 Å². The normalized spacial score (nSPS) is 12.4. The molecule has 0 bridgehead atoms. The number of rotatable bonds is 15. The van der Waals surface area contributed by atoms with Gasteiger partial charge in [-0.15, -0.1) is 98.2 Å². The van der Waals surface area contributed by atoms with Gasteiger partial charge in [-0.05, 0) is 181 Å². The number of nitrogens with zero attached hydrogens (tertiary/aromatic N) is 12. The third-order valence-corrected chi connectivity index (χ3v) is 152. The van der Waals surface area contributed by atoms with Gasteiger partial charge in [-0.25, -0.2) is 39.9 Å². The van der Waals surface area contributed by atoms with Crippen molar-refractivity contribution in [3.05, 3.63) is 296 Å². The maximum absolute atomic E-state index is 8.58. The standard InChI is InChI=1S/C40H24N6.C34H19BrN6.C6H7BO2.H23P21/c1-2-11-26(12-3-1)38-43-37-31(40(44-38)45-32-17-7-4-13-27(32)28-14-5-8-18-33(28)45)22-20-25-21-23-35(42-36(25)37)46-34-19-9-6-15-29(34)30-16-10-24-41-39(30)46;35-34-38-31-25(33(39-34)40-26-12-4-1-8-21(26)22-9-2-5-13-27(22)40)17-15-20-16-18-29(37-30(20)31)41-28-14-6-3-10-23(28)24-11-7-19-36-32(24)41;8-7(9)6-4-2-1-3-5-6;1-12-18(13(2)3)21(19(14(4)5)15(6)7)20(16(8)9)17(10)11/h1-24H;1-19H;1-5,8-9H;12H,1-11H2. The summed E-state index contributed by atoms with van der Waals surface area (Å²) in [7, 11) is 34.6. The Kier molecular flexibility index (Phi) is 28.1. The van der Waals surface area contributed by atoms with E-state index in [1.807, 2.05) is 48.8 Å². The Morgan fingerprint density at radius 1 is 0.308 bits per heavy atom. The van der Waals surface area contributed by atoms with Crippen LogP contribution in [-0.4, -0.2) is 75.3 Å². The molecule has 0 amide bonds. The quantitative estimate of drug-likeness (QED) is 0.0437. The summed E-state index contributed by atoms with van der Waals surface area (Å²) < 4.78 is 9.29. The SMILES string of the molecule is Brc1nc(-n2c3ccccc3c3ccccc32)c2ccc3ccc(-n4c5ccccc5c5cccnc54)nc3c2n1.OB(O)c1ccccc1.PPP(P(P)P)P(P(P(P)P)P(P)P)P(P(P)P)P(P)P.c1ccc(-c2nc(-n3c4ccccc4c4ccccc43)c3ccc4ccc(-n5c6ccccc6c6cccnc65)nc4c3n2)cc1. The lowest BCUT2D eigenvalue weighted by Crippen LogP contribution is -2.29. The number of aromatic nitrogens is 12. The van der Waals surface area contributed by atoms with Crippen molar-refractivity contribution >= 4 is 329 Å². The van der Waals surface area contributed by atoms with Crippen molar-refractivity contribution in [2.24, 2.45) is 0 Å². The minimum atomic E-state index is -1.34. The van der Waals surface area contributed by atoms with Gasteiger partial charge in [-0.3, -0.25) is 18.3 Å². The lowest BCUT2D eigenvalue weighted by Gasteiger charge is -2.46. The van der Waals surface area contributed by atoms with Gasteiger partial charge in [-0.1, -0.05) is 190 Å². The van der Waals surface area contributed by atoms with E-state index in [0.717, 1.165) is 146 Å². The van der Waals surface area contributed by atoms with Crippen molar-refractivity contribution in [2.45, 2.75) is 0 Å². The Labute approximate surface area is 721 Å². The summed E-state index contributed by atoms with van der Waals surface area (Å²) in [6, 6.07) is 94.6. The molecule has 0 aliphatic carbocycles. The van der Waals surface area contributed by atoms with E-state index >= 15 is 0 Å². The zero-order valence-electron chi connectivity index (χ0n) is 61.8. The van der Waals surface area contributed by atoms with Gasteiger partial charge < -0.3 is 10.0 Å². The molecule has 20 rings (SSSR count). The van der Waals surface area contributed by atoms with E-state index in [9.17, 15) is 0 Å². The Morgan fingerprint density at radius 3 is 1.03 bits per heavy atom. The fourth-order valence-corrected chi connectivity index (χ4v) is 267. The molecule has 13 unspecified atom stereocenters. The summed E-state index contributed by atoms with van der Waals surface area (Å²) >= 11 is 3.63. The molecule has 117 heavy (non-hydrogen) atoms. The molecule has 0 saturated carbocycles. The zero-order chi connectivity index (χ0) is 80.9. The van der Waals surface area contributed by atoms with Crippen molar-refractivity contribution in [3.63, 3.8) is 0 Å². The van der Waals surface area contributed by atoms with Crippen LogP contribution >= 0.6 is 185 Å². The minimum Gasteiger partial charge on any atom is -0.423 e. The lowest BCUT2D eigenvalue weighted by molar-refractivity contribution is 0.426. The molecule has 13 atom stereocenters. The lowest BCUT2D eigenvalue weighted by atomic mass is 9.81. The predicted octanol–water partition coefficient (Wildman–Crippen LogP) is 29.3. The van der Waals surface area contributed by atoms with Gasteiger partial charge in [0, 0.05) is 82.6 Å². The predicted molar refractivity (Wildman–Crippen MR) is 569 cm³/mol. The first-order valence-electron chi connectivity index (χ1n) is 36.1. The Balaban J connectivity index is 0.000000126. The van der Waals surface area contributed by atoms with Crippen LogP contribution in [0.2, 0.25) is 0 Å². The van der Waals surface area contributed by atoms with Crippen LogP contribution in [-0.2, 0) is 0 Å². The van der Waals surface area contributed by atoms with E-state index in [1.54, 1.807) is 24.3 Å². The summed E-state index contributed by atoms with van der Waals surface area (Å²) in [5.74, 6) is 3.88. The molecule has 2 N–H and O–H groups in total. The maximum Gasteiger partial charge on any atom is 0.488 e. The summed E-state index contributed by atoms with van der Waals surface area (Å²) in [5, 5.41) is 30.3. The van der Waals surface area contributed by atoms with E-state index in [2.05, 4.69) is 351 Å². The second-order valence-corrected chi connectivity index (χ2v) is 108. The Bertz CT molecular complexity index is 6880. The second-order valence-electron chi connectivity index (χ2n) is 26.6. The van der Waals surface area contributed by atoms with Gasteiger partial charge in [-0.2, -0.15) is 0 Å². The zero-order valence-corrected chi connectivity index (χ0v) is 85.1. The number of halogens is 1. The number of benzene rings is 10. The number of hydrogen-bond acceptors (Lipinski definition) is 10. The molecule has 10 aromatic heterocycles. The van der Waals surface area contributed by atoms with Gasteiger partial charge in [0.25, 0.3) is 0 Å². The van der Waals surface area contributed by atoms with Crippen LogP contribution in [0.5, 0.6) is 0 Å². The van der Waals surface area contributed by atoms with Crippen molar-refractivity contribution in [1.82, 2.24) is 58.1 Å². The van der Waals surface area contributed by atoms with Crippen LogP contribution in [0.1, 0.15) is 0 Å². The molecule has 0 spiro atoms. The summed E-state index contributed by atoms with van der Waals surface area (Å²) in [6.45, 7) is 0.800. The fraction of sp³-hybridized carbons (Fsp3) is 0. The molecule has 580 valence electrons. The number of fused-ring (bicyclic) bond motifs is 18. The van der Waals surface area contributed by atoms with Crippen molar-refractivity contribution in [1.29, 1.82) is 0 Å². The number of pyridine rings is 4. The molecule has 0 radical (unpaired) electrons.